The first-order valence-corrected chi connectivity index (χ1v) is 3.16. The minimum atomic E-state index is -0.917. The monoisotopic (exact) mass is 178 g/mol. The smallest absolute Gasteiger partial charge is 0.403 e. The average Bonchev–Trinajstić information content (AvgIpc) is 1.97. The Hall–Kier alpha value is -1.03. The summed E-state index contributed by atoms with van der Waals surface area (Å²) in [4.78, 5) is 20.3. The number of carbonyl (C=O) groups is 2. The number of carbonyl (C=O) groups excluding carboxylic acids is 2. The molecule has 0 unspecified atom stereocenters. The van der Waals surface area contributed by atoms with Crippen LogP contribution in [0.2, 0.25) is 0 Å². The standard InChI is InChI=1S/C6H7ClO4/c1-2-5(8)10-3-4-11-6(7)9/h2H,1,3-4H2. The molecule has 0 bridgehead atoms. The molecule has 5 heteroatoms. The van der Waals surface area contributed by atoms with Crippen molar-refractivity contribution in [1.29, 1.82) is 0 Å². The van der Waals surface area contributed by atoms with Crippen LogP contribution < -0.4 is 0 Å². The van der Waals surface area contributed by atoms with Crippen LogP contribution in [0, 0.1) is 0 Å². The summed E-state index contributed by atoms with van der Waals surface area (Å²) in [6.45, 7) is 3.12. The van der Waals surface area contributed by atoms with Gasteiger partial charge in [-0.3, -0.25) is 0 Å². The first-order valence-electron chi connectivity index (χ1n) is 2.78. The topological polar surface area (TPSA) is 52.6 Å². The fourth-order valence-electron chi connectivity index (χ4n) is 0.323. The molecule has 0 aliphatic rings. The van der Waals surface area contributed by atoms with Crippen molar-refractivity contribution in [3.8, 4) is 0 Å². The van der Waals surface area contributed by atoms with Crippen LogP contribution in [-0.4, -0.2) is 24.6 Å². The minimum Gasteiger partial charge on any atom is -0.459 e. The minimum absolute atomic E-state index is 0.0106. The fourth-order valence-corrected chi connectivity index (χ4v) is 0.400. The van der Waals surface area contributed by atoms with Crippen LogP contribution in [0.3, 0.4) is 0 Å². The van der Waals surface area contributed by atoms with Gasteiger partial charge in [0.2, 0.25) is 0 Å². The highest BCUT2D eigenvalue weighted by Gasteiger charge is 1.97. The molecule has 0 atom stereocenters. The lowest BCUT2D eigenvalue weighted by molar-refractivity contribution is -0.138. The molecule has 0 saturated carbocycles. The Morgan fingerprint density at radius 2 is 1.91 bits per heavy atom. The van der Waals surface area contributed by atoms with Crippen molar-refractivity contribution >= 4 is 23.0 Å². The van der Waals surface area contributed by atoms with Crippen molar-refractivity contribution in [3.63, 3.8) is 0 Å². The molecule has 0 spiro atoms. The zero-order valence-corrected chi connectivity index (χ0v) is 6.47. The molecule has 0 rings (SSSR count). The molecule has 0 amide bonds. The van der Waals surface area contributed by atoms with Crippen molar-refractivity contribution in [2.24, 2.45) is 0 Å². The van der Waals surface area contributed by atoms with E-state index in [0.29, 0.717) is 0 Å². The second-order valence-corrected chi connectivity index (χ2v) is 1.77. The Morgan fingerprint density at radius 1 is 1.36 bits per heavy atom. The molecule has 0 aromatic heterocycles. The lowest BCUT2D eigenvalue weighted by Crippen LogP contribution is -2.08. The summed E-state index contributed by atoms with van der Waals surface area (Å²) in [7, 11) is 0. The van der Waals surface area contributed by atoms with Crippen LogP contribution in [0.4, 0.5) is 4.79 Å². The highest BCUT2D eigenvalue weighted by atomic mass is 35.5. The Labute approximate surface area is 68.7 Å². The number of hydrogen-bond donors (Lipinski definition) is 0. The van der Waals surface area contributed by atoms with E-state index in [4.69, 9.17) is 11.6 Å². The third-order valence-corrected chi connectivity index (χ3v) is 0.819. The van der Waals surface area contributed by atoms with Gasteiger partial charge >= 0.3 is 11.4 Å². The van der Waals surface area contributed by atoms with Crippen molar-refractivity contribution in [2.75, 3.05) is 13.2 Å². The van der Waals surface area contributed by atoms with Crippen molar-refractivity contribution in [1.82, 2.24) is 0 Å². The molecule has 0 aromatic carbocycles. The molecule has 0 N–H and O–H groups in total. The molecule has 0 radical (unpaired) electrons. The Balaban J connectivity index is 3.21. The van der Waals surface area contributed by atoms with E-state index in [1.54, 1.807) is 0 Å². The molecule has 4 nitrogen and oxygen atoms in total. The Morgan fingerprint density at radius 3 is 2.36 bits per heavy atom. The summed E-state index contributed by atoms with van der Waals surface area (Å²) < 4.78 is 8.70. The predicted octanol–water partition coefficient (Wildman–Crippen LogP) is 1.09. The van der Waals surface area contributed by atoms with Gasteiger partial charge in [0, 0.05) is 17.7 Å². The summed E-state index contributed by atoms with van der Waals surface area (Å²) in [6.07, 6.45) is 1.02. The maximum atomic E-state index is 10.3. The largest absolute Gasteiger partial charge is 0.459 e. The van der Waals surface area contributed by atoms with Gasteiger partial charge in [0.25, 0.3) is 0 Å². The predicted molar refractivity (Wildman–Crippen MR) is 38.4 cm³/mol. The molecule has 0 heterocycles. The van der Waals surface area contributed by atoms with E-state index >= 15 is 0 Å². The summed E-state index contributed by atoms with van der Waals surface area (Å²) in [6, 6.07) is 0. The number of hydrogen-bond acceptors (Lipinski definition) is 4. The number of esters is 1. The molecule has 0 fully saturated rings. The van der Waals surface area contributed by atoms with Crippen LogP contribution in [0.1, 0.15) is 0 Å². The first kappa shape index (κ1) is 9.97. The third kappa shape index (κ3) is 6.86. The Kier molecular flexibility index (Phi) is 5.20. The van der Waals surface area contributed by atoms with Crippen LogP contribution in [0.5, 0.6) is 0 Å². The van der Waals surface area contributed by atoms with Crippen molar-refractivity contribution in [3.05, 3.63) is 12.7 Å². The van der Waals surface area contributed by atoms with Gasteiger partial charge in [0.05, 0.1) is 0 Å². The summed E-state index contributed by atoms with van der Waals surface area (Å²) in [5.74, 6) is -0.560. The molecule has 0 saturated heterocycles. The summed E-state index contributed by atoms with van der Waals surface area (Å²) in [5, 5.41) is 0. The SMILES string of the molecule is C=CC(=O)OCCOC(=O)Cl. The molecular weight excluding hydrogens is 172 g/mol. The van der Waals surface area contributed by atoms with Crippen LogP contribution in [0.25, 0.3) is 0 Å². The molecule has 11 heavy (non-hydrogen) atoms. The fraction of sp³-hybridized carbons (Fsp3) is 0.333. The van der Waals surface area contributed by atoms with E-state index < -0.39 is 11.4 Å². The lowest BCUT2D eigenvalue weighted by atomic mass is 10.6. The van der Waals surface area contributed by atoms with E-state index in [1.165, 1.54) is 0 Å². The molecule has 0 aliphatic carbocycles. The maximum Gasteiger partial charge on any atom is 0.403 e. The van der Waals surface area contributed by atoms with Gasteiger partial charge in [-0.15, -0.1) is 0 Å². The second-order valence-electron chi connectivity index (χ2n) is 1.46. The normalized spacial score (nSPS) is 8.45. The second kappa shape index (κ2) is 5.73. The highest BCUT2D eigenvalue weighted by molar-refractivity contribution is 6.61. The highest BCUT2D eigenvalue weighted by Crippen LogP contribution is 1.87. The van der Waals surface area contributed by atoms with E-state index in [1.807, 2.05) is 0 Å². The first-order chi connectivity index (χ1) is 5.16. The maximum absolute atomic E-state index is 10.3. The summed E-state index contributed by atoms with van der Waals surface area (Å²) >= 11 is 4.81. The zero-order chi connectivity index (χ0) is 8.69. The van der Waals surface area contributed by atoms with Gasteiger partial charge in [-0.1, -0.05) is 6.58 Å². The van der Waals surface area contributed by atoms with E-state index in [2.05, 4.69) is 16.1 Å². The van der Waals surface area contributed by atoms with Gasteiger partial charge in [0.1, 0.15) is 13.2 Å². The van der Waals surface area contributed by atoms with Crippen molar-refractivity contribution in [2.45, 2.75) is 0 Å². The van der Waals surface area contributed by atoms with Gasteiger partial charge in [0.15, 0.2) is 0 Å². The van der Waals surface area contributed by atoms with Crippen LogP contribution >= 0.6 is 11.6 Å². The number of rotatable bonds is 4. The molecular formula is C6H7ClO4. The molecule has 0 aromatic rings. The van der Waals surface area contributed by atoms with Crippen LogP contribution in [0.15, 0.2) is 12.7 Å². The van der Waals surface area contributed by atoms with Crippen LogP contribution in [-0.2, 0) is 14.3 Å². The van der Waals surface area contributed by atoms with Gasteiger partial charge in [-0.05, 0) is 0 Å². The molecule has 0 aliphatic heterocycles. The number of ether oxygens (including phenoxy) is 2. The van der Waals surface area contributed by atoms with E-state index in [9.17, 15) is 9.59 Å². The zero-order valence-electron chi connectivity index (χ0n) is 5.71. The average molecular weight is 179 g/mol. The van der Waals surface area contributed by atoms with E-state index in [-0.39, 0.29) is 13.2 Å². The molecule has 62 valence electrons. The van der Waals surface area contributed by atoms with Gasteiger partial charge in [-0.25, -0.2) is 9.59 Å². The van der Waals surface area contributed by atoms with Crippen molar-refractivity contribution < 1.29 is 19.1 Å². The van der Waals surface area contributed by atoms with Gasteiger partial charge in [-0.2, -0.15) is 0 Å². The van der Waals surface area contributed by atoms with Gasteiger partial charge < -0.3 is 9.47 Å². The Bertz CT molecular complexity index is 166. The summed E-state index contributed by atoms with van der Waals surface area (Å²) in [5.41, 5.74) is -0.917. The third-order valence-electron chi connectivity index (χ3n) is 0.710. The van der Waals surface area contributed by atoms with E-state index in [0.717, 1.165) is 6.08 Å². The number of halogens is 1. The quantitative estimate of drug-likeness (QED) is 0.280. The lowest BCUT2D eigenvalue weighted by Gasteiger charge is -2.00.